The lowest BCUT2D eigenvalue weighted by atomic mass is 9.95. The number of hydrogen-bond donors (Lipinski definition) is 1. The molecule has 0 bridgehead atoms. The standard InChI is InChI=1S/C19H33N/c1-15(2)14-20-11-9-7-6-8-10-19-17(4)12-16(3)13-18(19)5/h12-13,15,20H,6-11,14H2,1-5H3. The Morgan fingerprint density at radius 2 is 1.50 bits per heavy atom. The van der Waals surface area contributed by atoms with Crippen molar-refractivity contribution in [2.45, 2.75) is 66.7 Å². The van der Waals surface area contributed by atoms with E-state index in [0.717, 1.165) is 12.5 Å². The Balaban J connectivity index is 2.16. The van der Waals surface area contributed by atoms with Crippen LogP contribution in [0, 0.1) is 26.7 Å². The van der Waals surface area contributed by atoms with Gasteiger partial charge in [0.25, 0.3) is 0 Å². The molecule has 0 atom stereocenters. The third-order valence-corrected chi connectivity index (χ3v) is 3.92. The number of aryl methyl sites for hydroxylation is 3. The third-order valence-electron chi connectivity index (χ3n) is 3.92. The predicted octanol–water partition coefficient (Wildman–Crippen LogP) is 4.96. The summed E-state index contributed by atoms with van der Waals surface area (Å²) in [4.78, 5) is 0. The second-order valence-corrected chi connectivity index (χ2v) is 6.64. The normalized spacial score (nSPS) is 11.3. The summed E-state index contributed by atoms with van der Waals surface area (Å²) in [6.45, 7) is 13.6. The molecule has 1 rings (SSSR count). The molecule has 0 aliphatic carbocycles. The van der Waals surface area contributed by atoms with Gasteiger partial charge in [-0.15, -0.1) is 0 Å². The molecule has 1 aromatic carbocycles. The third kappa shape index (κ3) is 6.56. The molecule has 1 nitrogen and oxygen atoms in total. The largest absolute Gasteiger partial charge is 0.316 e. The molecule has 0 amide bonds. The van der Waals surface area contributed by atoms with Crippen LogP contribution in [0.15, 0.2) is 12.1 Å². The average Bonchev–Trinajstić information content (AvgIpc) is 2.34. The zero-order valence-electron chi connectivity index (χ0n) is 14.2. The van der Waals surface area contributed by atoms with Crippen LogP contribution in [0.3, 0.4) is 0 Å². The van der Waals surface area contributed by atoms with Crippen LogP contribution >= 0.6 is 0 Å². The van der Waals surface area contributed by atoms with Crippen LogP contribution in [0.1, 0.15) is 61.8 Å². The van der Waals surface area contributed by atoms with Crippen LogP contribution < -0.4 is 5.32 Å². The van der Waals surface area contributed by atoms with Gasteiger partial charge in [-0.2, -0.15) is 0 Å². The summed E-state index contributed by atoms with van der Waals surface area (Å²) in [7, 11) is 0. The van der Waals surface area contributed by atoms with Crippen LogP contribution in [-0.4, -0.2) is 13.1 Å². The highest BCUT2D eigenvalue weighted by Gasteiger charge is 2.03. The van der Waals surface area contributed by atoms with Gasteiger partial charge in [-0.05, 0) is 75.7 Å². The van der Waals surface area contributed by atoms with E-state index in [0.29, 0.717) is 0 Å². The molecule has 20 heavy (non-hydrogen) atoms. The summed E-state index contributed by atoms with van der Waals surface area (Å²) in [5.74, 6) is 0.766. The van der Waals surface area contributed by atoms with E-state index < -0.39 is 0 Å². The van der Waals surface area contributed by atoms with Crippen molar-refractivity contribution in [2.24, 2.45) is 5.92 Å². The van der Waals surface area contributed by atoms with Crippen molar-refractivity contribution in [3.63, 3.8) is 0 Å². The summed E-state index contributed by atoms with van der Waals surface area (Å²) < 4.78 is 0. The van der Waals surface area contributed by atoms with Gasteiger partial charge in [0.2, 0.25) is 0 Å². The number of benzene rings is 1. The topological polar surface area (TPSA) is 12.0 Å². The molecule has 1 N–H and O–H groups in total. The Morgan fingerprint density at radius 3 is 2.10 bits per heavy atom. The van der Waals surface area contributed by atoms with Crippen molar-refractivity contribution in [1.29, 1.82) is 0 Å². The Labute approximate surface area is 126 Å². The quantitative estimate of drug-likeness (QED) is 0.628. The van der Waals surface area contributed by atoms with Gasteiger partial charge in [0.1, 0.15) is 0 Å². The molecular weight excluding hydrogens is 242 g/mol. The van der Waals surface area contributed by atoms with E-state index in [2.05, 4.69) is 52.1 Å². The Morgan fingerprint density at radius 1 is 0.900 bits per heavy atom. The van der Waals surface area contributed by atoms with Crippen molar-refractivity contribution >= 4 is 0 Å². The number of rotatable bonds is 9. The summed E-state index contributed by atoms with van der Waals surface area (Å²) in [6, 6.07) is 4.64. The highest BCUT2D eigenvalue weighted by atomic mass is 14.8. The van der Waals surface area contributed by atoms with E-state index in [1.807, 2.05) is 0 Å². The Hall–Kier alpha value is -0.820. The van der Waals surface area contributed by atoms with Crippen molar-refractivity contribution in [1.82, 2.24) is 5.32 Å². The van der Waals surface area contributed by atoms with Crippen molar-refractivity contribution in [3.05, 3.63) is 34.4 Å². The zero-order valence-corrected chi connectivity index (χ0v) is 14.2. The van der Waals surface area contributed by atoms with Crippen molar-refractivity contribution < 1.29 is 0 Å². The monoisotopic (exact) mass is 275 g/mol. The van der Waals surface area contributed by atoms with E-state index in [4.69, 9.17) is 0 Å². The highest BCUT2D eigenvalue weighted by molar-refractivity contribution is 5.37. The minimum Gasteiger partial charge on any atom is -0.316 e. The summed E-state index contributed by atoms with van der Waals surface area (Å²) in [5, 5.41) is 3.52. The lowest BCUT2D eigenvalue weighted by Gasteiger charge is -2.11. The zero-order chi connectivity index (χ0) is 15.0. The van der Waals surface area contributed by atoms with Crippen LogP contribution in [0.5, 0.6) is 0 Å². The van der Waals surface area contributed by atoms with E-state index in [-0.39, 0.29) is 0 Å². The number of hydrogen-bond acceptors (Lipinski definition) is 1. The highest BCUT2D eigenvalue weighted by Crippen LogP contribution is 2.19. The Bertz CT molecular complexity index is 370. The van der Waals surface area contributed by atoms with Gasteiger partial charge in [0.15, 0.2) is 0 Å². The van der Waals surface area contributed by atoms with Crippen molar-refractivity contribution in [2.75, 3.05) is 13.1 Å². The molecule has 0 aliphatic rings. The SMILES string of the molecule is Cc1cc(C)c(CCCCCCNCC(C)C)c(C)c1. The first-order valence-electron chi connectivity index (χ1n) is 8.28. The summed E-state index contributed by atoms with van der Waals surface area (Å²) in [5.41, 5.74) is 5.91. The maximum atomic E-state index is 3.52. The minimum atomic E-state index is 0.766. The molecule has 0 unspecified atom stereocenters. The lowest BCUT2D eigenvalue weighted by molar-refractivity contribution is 0.526. The molecule has 1 heteroatoms. The minimum absolute atomic E-state index is 0.766. The van der Waals surface area contributed by atoms with Crippen molar-refractivity contribution in [3.8, 4) is 0 Å². The van der Waals surface area contributed by atoms with Gasteiger partial charge >= 0.3 is 0 Å². The first-order valence-corrected chi connectivity index (χ1v) is 8.28. The average molecular weight is 275 g/mol. The maximum absolute atomic E-state index is 3.52. The molecular formula is C19H33N. The summed E-state index contributed by atoms with van der Waals surface area (Å²) >= 11 is 0. The van der Waals surface area contributed by atoms with E-state index in [1.165, 1.54) is 55.3 Å². The first-order chi connectivity index (χ1) is 9.50. The fourth-order valence-corrected chi connectivity index (χ4v) is 2.90. The van der Waals surface area contributed by atoms with E-state index in [9.17, 15) is 0 Å². The molecule has 0 radical (unpaired) electrons. The Kier molecular flexibility index (Phi) is 7.91. The van der Waals surface area contributed by atoms with E-state index in [1.54, 1.807) is 5.56 Å². The van der Waals surface area contributed by atoms with Crippen LogP contribution in [0.4, 0.5) is 0 Å². The van der Waals surface area contributed by atoms with Gasteiger partial charge in [0.05, 0.1) is 0 Å². The molecule has 114 valence electrons. The molecule has 0 saturated carbocycles. The molecule has 0 heterocycles. The number of nitrogens with one attached hydrogen (secondary N) is 1. The first kappa shape index (κ1) is 17.2. The summed E-state index contributed by atoms with van der Waals surface area (Å²) in [6.07, 6.45) is 6.61. The van der Waals surface area contributed by atoms with E-state index >= 15 is 0 Å². The smallest absolute Gasteiger partial charge is 0.00258 e. The van der Waals surface area contributed by atoms with Crippen LogP contribution in [0.25, 0.3) is 0 Å². The van der Waals surface area contributed by atoms with Gasteiger partial charge in [-0.25, -0.2) is 0 Å². The second-order valence-electron chi connectivity index (χ2n) is 6.64. The maximum Gasteiger partial charge on any atom is -0.00258 e. The fourth-order valence-electron chi connectivity index (χ4n) is 2.90. The van der Waals surface area contributed by atoms with Gasteiger partial charge in [-0.1, -0.05) is 44.4 Å². The lowest BCUT2D eigenvalue weighted by Crippen LogP contribution is -2.20. The molecule has 1 aromatic rings. The number of unbranched alkanes of at least 4 members (excludes halogenated alkanes) is 3. The molecule has 0 saturated heterocycles. The fraction of sp³-hybridized carbons (Fsp3) is 0.684. The second kappa shape index (κ2) is 9.18. The molecule has 0 aliphatic heterocycles. The molecule has 0 aromatic heterocycles. The van der Waals surface area contributed by atoms with Crippen LogP contribution in [0.2, 0.25) is 0 Å². The predicted molar refractivity (Wildman–Crippen MR) is 90.5 cm³/mol. The van der Waals surface area contributed by atoms with Gasteiger partial charge in [-0.3, -0.25) is 0 Å². The van der Waals surface area contributed by atoms with Crippen LogP contribution in [-0.2, 0) is 6.42 Å². The molecule has 0 fully saturated rings. The van der Waals surface area contributed by atoms with Gasteiger partial charge in [0, 0.05) is 0 Å². The van der Waals surface area contributed by atoms with Gasteiger partial charge < -0.3 is 5.32 Å². The molecule has 0 spiro atoms.